The number of sulfonamides is 1. The van der Waals surface area contributed by atoms with Crippen LogP contribution in [0.3, 0.4) is 0 Å². The van der Waals surface area contributed by atoms with Gasteiger partial charge in [-0.2, -0.15) is 0 Å². The number of nitrogens with one attached hydrogen (secondary N) is 1. The summed E-state index contributed by atoms with van der Waals surface area (Å²) < 4.78 is 64.9. The molecule has 0 unspecified atom stereocenters. The van der Waals surface area contributed by atoms with Crippen LogP contribution in [-0.4, -0.2) is 26.6 Å². The van der Waals surface area contributed by atoms with Crippen LogP contribution in [0.5, 0.6) is 0 Å². The molecule has 134 valence electrons. The van der Waals surface area contributed by atoms with Crippen LogP contribution < -0.4 is 9.62 Å². The van der Waals surface area contributed by atoms with Crippen molar-refractivity contribution in [3.63, 3.8) is 0 Å². The van der Waals surface area contributed by atoms with E-state index in [1.54, 1.807) is 0 Å². The van der Waals surface area contributed by atoms with Gasteiger partial charge in [0, 0.05) is 11.8 Å². The third kappa shape index (κ3) is 4.30. The third-order valence-corrected chi connectivity index (χ3v) is 4.59. The first-order valence-corrected chi connectivity index (χ1v) is 8.96. The highest BCUT2D eigenvalue weighted by atomic mass is 32.2. The number of carbonyl (C=O) groups is 1. The minimum atomic E-state index is -3.99. The highest BCUT2D eigenvalue weighted by Gasteiger charge is 2.31. The van der Waals surface area contributed by atoms with Crippen molar-refractivity contribution in [1.82, 2.24) is 0 Å². The van der Waals surface area contributed by atoms with E-state index < -0.39 is 39.4 Å². The molecule has 0 radical (unpaired) electrons. The summed E-state index contributed by atoms with van der Waals surface area (Å²) in [5, 5.41) is 2.28. The van der Waals surface area contributed by atoms with Crippen LogP contribution in [0.25, 0.3) is 0 Å². The Morgan fingerprint density at radius 3 is 2.24 bits per heavy atom. The van der Waals surface area contributed by atoms with E-state index >= 15 is 0 Å². The molecule has 9 heteroatoms. The molecular formula is C16H15F3N2O3S. The lowest BCUT2D eigenvalue weighted by Gasteiger charge is -2.28. The first-order valence-electron chi connectivity index (χ1n) is 7.11. The number of benzene rings is 2. The maximum absolute atomic E-state index is 14.0. The molecule has 0 aliphatic heterocycles. The van der Waals surface area contributed by atoms with Crippen molar-refractivity contribution >= 4 is 27.3 Å². The molecule has 1 atom stereocenters. The Balaban J connectivity index is 2.33. The van der Waals surface area contributed by atoms with Gasteiger partial charge in [0.05, 0.1) is 11.9 Å². The van der Waals surface area contributed by atoms with E-state index in [-0.39, 0.29) is 11.4 Å². The highest BCUT2D eigenvalue weighted by Crippen LogP contribution is 2.24. The number of anilines is 2. The van der Waals surface area contributed by atoms with Crippen LogP contribution in [0.15, 0.2) is 42.5 Å². The van der Waals surface area contributed by atoms with Crippen molar-refractivity contribution in [2.45, 2.75) is 13.0 Å². The van der Waals surface area contributed by atoms with Gasteiger partial charge in [0.1, 0.15) is 11.9 Å². The fourth-order valence-electron chi connectivity index (χ4n) is 2.23. The van der Waals surface area contributed by atoms with Crippen molar-refractivity contribution in [3.8, 4) is 0 Å². The lowest BCUT2D eigenvalue weighted by molar-refractivity contribution is -0.116. The standard InChI is InChI=1S/C16H15F3N2O3S/c1-10(16(22)20-11-7-8-12(17)14(19)9-11)21(25(2,23)24)15-6-4-3-5-13(15)18/h3-10H,1-2H3,(H,20,22)/t10-/m1/s1. The molecule has 25 heavy (non-hydrogen) atoms. The minimum Gasteiger partial charge on any atom is -0.324 e. The molecule has 2 aromatic carbocycles. The second-order valence-electron chi connectivity index (χ2n) is 5.30. The van der Waals surface area contributed by atoms with Gasteiger partial charge in [-0.25, -0.2) is 21.6 Å². The fourth-order valence-corrected chi connectivity index (χ4v) is 3.41. The number of para-hydroxylation sites is 1. The number of halogens is 3. The zero-order valence-electron chi connectivity index (χ0n) is 13.3. The number of amides is 1. The van der Waals surface area contributed by atoms with E-state index in [2.05, 4.69) is 5.32 Å². The fraction of sp³-hybridized carbons (Fsp3) is 0.188. The summed E-state index contributed by atoms with van der Waals surface area (Å²) in [6.45, 7) is 1.25. The average Bonchev–Trinajstić information content (AvgIpc) is 2.51. The van der Waals surface area contributed by atoms with E-state index in [0.29, 0.717) is 4.31 Å². The van der Waals surface area contributed by atoms with Gasteiger partial charge >= 0.3 is 0 Å². The summed E-state index contributed by atoms with van der Waals surface area (Å²) in [5.41, 5.74) is -0.351. The second kappa shape index (κ2) is 7.14. The van der Waals surface area contributed by atoms with E-state index in [1.165, 1.54) is 25.1 Å². The van der Waals surface area contributed by atoms with Gasteiger partial charge in [-0.15, -0.1) is 0 Å². The maximum Gasteiger partial charge on any atom is 0.247 e. The van der Waals surface area contributed by atoms with E-state index in [4.69, 9.17) is 0 Å². The Labute approximate surface area is 143 Å². The molecule has 0 saturated carbocycles. The molecule has 0 aliphatic rings. The Morgan fingerprint density at radius 1 is 1.04 bits per heavy atom. The maximum atomic E-state index is 14.0. The van der Waals surface area contributed by atoms with Crippen LogP contribution in [-0.2, 0) is 14.8 Å². The SMILES string of the molecule is C[C@H](C(=O)Nc1ccc(F)c(F)c1)N(c1ccccc1F)S(C)(=O)=O. The monoisotopic (exact) mass is 372 g/mol. The van der Waals surface area contributed by atoms with Crippen LogP contribution in [0.4, 0.5) is 24.5 Å². The molecule has 0 fully saturated rings. The van der Waals surface area contributed by atoms with Gasteiger partial charge in [0.15, 0.2) is 11.6 Å². The molecule has 0 aromatic heterocycles. The molecule has 0 spiro atoms. The average molecular weight is 372 g/mol. The molecular weight excluding hydrogens is 357 g/mol. The Morgan fingerprint density at radius 2 is 1.68 bits per heavy atom. The van der Waals surface area contributed by atoms with Crippen molar-refractivity contribution in [3.05, 3.63) is 59.9 Å². The summed E-state index contributed by atoms with van der Waals surface area (Å²) in [4.78, 5) is 12.3. The molecule has 2 aromatic rings. The van der Waals surface area contributed by atoms with E-state index in [0.717, 1.165) is 30.5 Å². The van der Waals surface area contributed by atoms with Crippen molar-refractivity contribution in [2.75, 3.05) is 15.9 Å². The molecule has 1 N–H and O–H groups in total. The number of nitrogens with zero attached hydrogens (tertiary/aromatic N) is 1. The van der Waals surface area contributed by atoms with Gasteiger partial charge in [0.2, 0.25) is 15.9 Å². The summed E-state index contributed by atoms with van der Waals surface area (Å²) >= 11 is 0. The van der Waals surface area contributed by atoms with Crippen molar-refractivity contribution in [2.24, 2.45) is 0 Å². The topological polar surface area (TPSA) is 66.5 Å². The van der Waals surface area contributed by atoms with Crippen LogP contribution >= 0.6 is 0 Å². The summed E-state index contributed by atoms with van der Waals surface area (Å²) in [6.07, 6.45) is 0.834. The smallest absolute Gasteiger partial charge is 0.247 e. The number of hydrogen-bond acceptors (Lipinski definition) is 3. The van der Waals surface area contributed by atoms with Crippen LogP contribution in [0, 0.1) is 17.5 Å². The predicted octanol–water partition coefficient (Wildman–Crippen LogP) is 2.90. The molecule has 0 heterocycles. The molecule has 5 nitrogen and oxygen atoms in total. The number of hydrogen-bond donors (Lipinski definition) is 1. The van der Waals surface area contributed by atoms with Crippen LogP contribution in [0.1, 0.15) is 6.92 Å². The van der Waals surface area contributed by atoms with Gasteiger partial charge in [-0.05, 0) is 31.2 Å². The third-order valence-electron chi connectivity index (χ3n) is 3.37. The summed E-state index contributed by atoms with van der Waals surface area (Å²) in [6, 6.07) is 6.46. The van der Waals surface area contributed by atoms with Gasteiger partial charge in [-0.1, -0.05) is 12.1 Å². The summed E-state index contributed by atoms with van der Waals surface area (Å²) in [5.74, 6) is -3.91. The molecule has 0 aliphatic carbocycles. The lowest BCUT2D eigenvalue weighted by Crippen LogP contribution is -2.45. The predicted molar refractivity (Wildman–Crippen MR) is 88.2 cm³/mol. The highest BCUT2D eigenvalue weighted by molar-refractivity contribution is 7.92. The van der Waals surface area contributed by atoms with E-state index in [9.17, 15) is 26.4 Å². The summed E-state index contributed by atoms with van der Waals surface area (Å²) in [7, 11) is -3.99. The van der Waals surface area contributed by atoms with Crippen LogP contribution in [0.2, 0.25) is 0 Å². The molecule has 2 rings (SSSR count). The van der Waals surface area contributed by atoms with Gasteiger partial charge < -0.3 is 5.32 Å². The Hall–Kier alpha value is -2.55. The normalized spacial score (nSPS) is 12.5. The largest absolute Gasteiger partial charge is 0.324 e. The van der Waals surface area contributed by atoms with Gasteiger partial charge in [0.25, 0.3) is 0 Å². The van der Waals surface area contributed by atoms with Gasteiger partial charge in [-0.3, -0.25) is 9.10 Å². The van der Waals surface area contributed by atoms with Crippen molar-refractivity contribution in [1.29, 1.82) is 0 Å². The molecule has 0 bridgehead atoms. The number of rotatable bonds is 5. The second-order valence-corrected chi connectivity index (χ2v) is 7.16. The minimum absolute atomic E-state index is 0.0577. The Kier molecular flexibility index (Phi) is 5.36. The number of carbonyl (C=O) groups excluding carboxylic acids is 1. The molecule has 0 saturated heterocycles. The first-order chi connectivity index (χ1) is 11.6. The lowest BCUT2D eigenvalue weighted by atomic mass is 10.2. The zero-order valence-corrected chi connectivity index (χ0v) is 14.1. The zero-order chi connectivity index (χ0) is 18.8. The molecule has 1 amide bonds. The first kappa shape index (κ1) is 18.8. The Bertz CT molecular complexity index is 903. The van der Waals surface area contributed by atoms with E-state index in [1.807, 2.05) is 0 Å². The van der Waals surface area contributed by atoms with Crippen molar-refractivity contribution < 1.29 is 26.4 Å². The quantitative estimate of drug-likeness (QED) is 0.878.